The summed E-state index contributed by atoms with van der Waals surface area (Å²) in [5.74, 6) is -3.22. The topological polar surface area (TPSA) is 61.4 Å². The fourth-order valence-corrected chi connectivity index (χ4v) is 2.13. The van der Waals surface area contributed by atoms with E-state index in [0.717, 1.165) is 11.1 Å². The van der Waals surface area contributed by atoms with Gasteiger partial charge < -0.3 is 10.4 Å². The van der Waals surface area contributed by atoms with E-state index < -0.39 is 36.9 Å². The first-order valence-electron chi connectivity index (χ1n) is 6.53. The number of aliphatic hydroxyl groups is 1. The van der Waals surface area contributed by atoms with Crippen LogP contribution in [0.3, 0.4) is 0 Å². The van der Waals surface area contributed by atoms with E-state index in [1.54, 1.807) is 31.2 Å². The number of halogens is 3. The number of hydrogen-bond acceptors (Lipinski definition) is 3. The summed E-state index contributed by atoms with van der Waals surface area (Å²) in [5, 5.41) is 14.5. The molecule has 1 aromatic rings. The van der Waals surface area contributed by atoms with Crippen LogP contribution in [0.25, 0.3) is 0 Å². The average Bonchev–Trinajstić information content (AvgIpc) is 2.77. The Morgan fingerprint density at radius 2 is 2.10 bits per heavy atom. The first-order chi connectivity index (χ1) is 9.37. The second-order valence-corrected chi connectivity index (χ2v) is 5.13. The summed E-state index contributed by atoms with van der Waals surface area (Å²) in [7, 11) is 0. The van der Waals surface area contributed by atoms with Crippen LogP contribution >= 0.6 is 12.4 Å². The molecule has 4 nitrogen and oxygen atoms in total. The van der Waals surface area contributed by atoms with Crippen LogP contribution in [0.5, 0.6) is 0 Å². The second kappa shape index (κ2) is 7.15. The van der Waals surface area contributed by atoms with Crippen molar-refractivity contribution in [2.75, 3.05) is 6.54 Å². The van der Waals surface area contributed by atoms with Crippen LogP contribution in [0.1, 0.15) is 30.6 Å². The molecular formula is C14H19ClF2N2O2. The first-order valence-corrected chi connectivity index (χ1v) is 6.53. The second-order valence-electron chi connectivity index (χ2n) is 5.13. The zero-order valence-corrected chi connectivity index (χ0v) is 12.4. The highest BCUT2D eigenvalue weighted by molar-refractivity contribution is 5.85. The molecule has 2 unspecified atom stereocenters. The summed E-state index contributed by atoms with van der Waals surface area (Å²) in [4.78, 5) is 11.7. The SMILES string of the molecule is CC(O)c1ccc(CNC(=O)C2CC(F)(F)CN2)cc1.Cl. The van der Waals surface area contributed by atoms with Crippen LogP contribution in [0, 0.1) is 0 Å². The molecule has 118 valence electrons. The fraction of sp³-hybridized carbons (Fsp3) is 0.500. The van der Waals surface area contributed by atoms with Crippen LogP contribution < -0.4 is 10.6 Å². The molecule has 1 amide bonds. The van der Waals surface area contributed by atoms with Gasteiger partial charge in [0.1, 0.15) is 0 Å². The number of nitrogens with one attached hydrogen (secondary N) is 2. The zero-order valence-electron chi connectivity index (χ0n) is 11.6. The molecular weight excluding hydrogens is 302 g/mol. The maximum atomic E-state index is 13.0. The monoisotopic (exact) mass is 320 g/mol. The van der Waals surface area contributed by atoms with Crippen molar-refractivity contribution in [3.8, 4) is 0 Å². The zero-order chi connectivity index (χ0) is 14.8. The molecule has 1 aromatic carbocycles. The molecule has 1 heterocycles. The van der Waals surface area contributed by atoms with Crippen molar-refractivity contribution in [1.82, 2.24) is 10.6 Å². The largest absolute Gasteiger partial charge is 0.389 e. The molecule has 1 aliphatic heterocycles. The van der Waals surface area contributed by atoms with E-state index in [1.807, 2.05) is 0 Å². The van der Waals surface area contributed by atoms with Gasteiger partial charge in [0, 0.05) is 13.0 Å². The van der Waals surface area contributed by atoms with Crippen LogP contribution in [0.2, 0.25) is 0 Å². The molecule has 1 saturated heterocycles. The number of aliphatic hydroxyl groups excluding tert-OH is 1. The lowest BCUT2D eigenvalue weighted by atomic mass is 10.1. The normalized spacial score (nSPS) is 21.4. The molecule has 2 atom stereocenters. The average molecular weight is 321 g/mol. The third-order valence-corrected chi connectivity index (χ3v) is 3.36. The van der Waals surface area contributed by atoms with Crippen molar-refractivity contribution >= 4 is 18.3 Å². The summed E-state index contributed by atoms with van der Waals surface area (Å²) < 4.78 is 25.9. The molecule has 0 bridgehead atoms. The Kier molecular flexibility index (Phi) is 6.07. The first kappa shape index (κ1) is 17.8. The number of hydrogen-bond donors (Lipinski definition) is 3. The molecule has 0 saturated carbocycles. The van der Waals surface area contributed by atoms with E-state index in [1.165, 1.54) is 0 Å². The predicted molar refractivity (Wildman–Crippen MR) is 77.5 cm³/mol. The van der Waals surface area contributed by atoms with E-state index in [2.05, 4.69) is 10.6 Å². The number of carbonyl (C=O) groups excluding carboxylic acids is 1. The summed E-state index contributed by atoms with van der Waals surface area (Å²) >= 11 is 0. The maximum Gasteiger partial charge on any atom is 0.262 e. The van der Waals surface area contributed by atoms with Gasteiger partial charge >= 0.3 is 0 Å². The Morgan fingerprint density at radius 1 is 1.48 bits per heavy atom. The van der Waals surface area contributed by atoms with Crippen molar-refractivity contribution in [2.45, 2.75) is 38.0 Å². The van der Waals surface area contributed by atoms with Crippen molar-refractivity contribution in [1.29, 1.82) is 0 Å². The lowest BCUT2D eigenvalue weighted by molar-refractivity contribution is -0.123. The molecule has 0 aromatic heterocycles. The number of rotatable bonds is 4. The third kappa shape index (κ3) is 4.91. The summed E-state index contributed by atoms with van der Waals surface area (Å²) in [5.41, 5.74) is 1.64. The number of benzene rings is 1. The van der Waals surface area contributed by atoms with Gasteiger partial charge in [-0.3, -0.25) is 10.1 Å². The molecule has 0 spiro atoms. The van der Waals surface area contributed by atoms with Gasteiger partial charge in [-0.05, 0) is 18.1 Å². The van der Waals surface area contributed by atoms with Gasteiger partial charge in [-0.1, -0.05) is 24.3 Å². The van der Waals surface area contributed by atoms with Crippen LogP contribution in [0.4, 0.5) is 8.78 Å². The van der Waals surface area contributed by atoms with Crippen molar-refractivity contribution in [2.24, 2.45) is 0 Å². The minimum absolute atomic E-state index is 0. The molecule has 0 aliphatic carbocycles. The minimum Gasteiger partial charge on any atom is -0.389 e. The van der Waals surface area contributed by atoms with Crippen molar-refractivity contribution < 1.29 is 18.7 Å². The Morgan fingerprint density at radius 3 is 2.57 bits per heavy atom. The Balaban J connectivity index is 0.00000220. The lowest BCUT2D eigenvalue weighted by Gasteiger charge is -2.12. The van der Waals surface area contributed by atoms with Crippen molar-refractivity contribution in [3.05, 3.63) is 35.4 Å². The fourth-order valence-electron chi connectivity index (χ4n) is 2.13. The minimum atomic E-state index is -2.80. The van der Waals surface area contributed by atoms with Gasteiger partial charge in [0.25, 0.3) is 5.92 Å². The smallest absolute Gasteiger partial charge is 0.262 e. The van der Waals surface area contributed by atoms with E-state index in [-0.39, 0.29) is 19.0 Å². The molecule has 3 N–H and O–H groups in total. The Hall–Kier alpha value is -1.24. The van der Waals surface area contributed by atoms with E-state index >= 15 is 0 Å². The predicted octanol–water partition coefficient (Wildman–Crippen LogP) is 1.78. The van der Waals surface area contributed by atoms with Crippen LogP contribution in [-0.2, 0) is 11.3 Å². The Bertz CT molecular complexity index is 480. The standard InChI is InChI=1S/C14H18F2N2O2.ClH/c1-9(19)11-4-2-10(3-5-11)7-17-13(20)12-6-14(15,16)8-18-12;/h2-5,9,12,18-19H,6-8H2,1H3,(H,17,20);1H. The van der Waals surface area contributed by atoms with Gasteiger partial charge in [0.15, 0.2) is 0 Å². The molecule has 1 aliphatic rings. The Labute approximate surface area is 128 Å². The molecule has 2 rings (SSSR count). The highest BCUT2D eigenvalue weighted by Gasteiger charge is 2.42. The summed E-state index contributed by atoms with van der Waals surface area (Å²) in [6, 6.07) is 6.29. The lowest BCUT2D eigenvalue weighted by Crippen LogP contribution is -2.40. The number of carbonyl (C=O) groups is 1. The molecule has 21 heavy (non-hydrogen) atoms. The van der Waals surface area contributed by atoms with Gasteiger partial charge in [-0.25, -0.2) is 8.78 Å². The molecule has 7 heteroatoms. The van der Waals surface area contributed by atoms with Gasteiger partial charge in [0.2, 0.25) is 5.91 Å². The maximum absolute atomic E-state index is 13.0. The number of amides is 1. The van der Waals surface area contributed by atoms with Crippen LogP contribution in [0.15, 0.2) is 24.3 Å². The van der Waals surface area contributed by atoms with E-state index in [0.29, 0.717) is 0 Å². The molecule has 1 fully saturated rings. The highest BCUT2D eigenvalue weighted by atomic mass is 35.5. The van der Waals surface area contributed by atoms with Gasteiger partial charge in [-0.15, -0.1) is 12.4 Å². The third-order valence-electron chi connectivity index (χ3n) is 3.36. The number of alkyl halides is 2. The van der Waals surface area contributed by atoms with E-state index in [4.69, 9.17) is 0 Å². The highest BCUT2D eigenvalue weighted by Crippen LogP contribution is 2.25. The quantitative estimate of drug-likeness (QED) is 0.792. The van der Waals surface area contributed by atoms with Gasteiger partial charge in [0.05, 0.1) is 18.7 Å². The van der Waals surface area contributed by atoms with Crippen LogP contribution in [-0.4, -0.2) is 29.5 Å². The molecule has 0 radical (unpaired) electrons. The van der Waals surface area contributed by atoms with E-state index in [9.17, 15) is 18.7 Å². The summed E-state index contributed by atoms with van der Waals surface area (Å²) in [6.45, 7) is 1.50. The summed E-state index contributed by atoms with van der Waals surface area (Å²) in [6.07, 6.45) is -0.997. The van der Waals surface area contributed by atoms with Crippen molar-refractivity contribution in [3.63, 3.8) is 0 Å². The van der Waals surface area contributed by atoms with Gasteiger partial charge in [-0.2, -0.15) is 0 Å².